The van der Waals surface area contributed by atoms with Gasteiger partial charge < -0.3 is 10.2 Å². The van der Waals surface area contributed by atoms with Gasteiger partial charge in [0, 0.05) is 12.1 Å². The first-order valence-corrected chi connectivity index (χ1v) is 3.43. The Labute approximate surface area is 61.2 Å². The zero-order chi connectivity index (χ0) is 7.98. The van der Waals surface area contributed by atoms with Gasteiger partial charge in [-0.25, -0.2) is 0 Å². The number of rotatable bonds is 5. The molecule has 62 valence electrons. The van der Waals surface area contributed by atoms with Gasteiger partial charge in [-0.15, -0.1) is 0 Å². The Morgan fingerprint density at radius 2 is 1.30 bits per heavy atom. The number of aliphatic hydroxyl groups is 2. The van der Waals surface area contributed by atoms with Gasteiger partial charge in [0.15, 0.2) is 0 Å². The molecule has 0 unspecified atom stereocenters. The number of hydrogen-bond donors (Lipinski definition) is 4. The summed E-state index contributed by atoms with van der Waals surface area (Å²) in [6.07, 6.45) is 0. The monoisotopic (exact) mass is 148 g/mol. The van der Waals surface area contributed by atoms with E-state index in [1.165, 1.54) is 0 Å². The molecule has 0 aliphatic carbocycles. The second kappa shape index (κ2) is 5.61. The fourth-order valence-electron chi connectivity index (χ4n) is 0.376. The third kappa shape index (κ3) is 4.69. The lowest BCUT2D eigenvalue weighted by Crippen LogP contribution is -2.46. The molecule has 0 spiro atoms. The number of hydrazine groups is 1. The molecule has 0 fully saturated rings. The topological polar surface area (TPSA) is 64.5 Å². The maximum absolute atomic E-state index is 8.56. The summed E-state index contributed by atoms with van der Waals surface area (Å²) < 4.78 is 0. The van der Waals surface area contributed by atoms with Crippen molar-refractivity contribution in [2.45, 2.75) is 25.9 Å². The van der Waals surface area contributed by atoms with E-state index < -0.39 is 0 Å². The molecule has 0 aromatic carbocycles. The van der Waals surface area contributed by atoms with Crippen molar-refractivity contribution in [1.29, 1.82) is 0 Å². The van der Waals surface area contributed by atoms with Crippen LogP contribution in [0.25, 0.3) is 0 Å². The molecule has 0 rings (SSSR count). The maximum Gasteiger partial charge on any atom is 0.0595 e. The lowest BCUT2D eigenvalue weighted by atomic mass is 10.4. The van der Waals surface area contributed by atoms with Crippen LogP contribution >= 0.6 is 0 Å². The molecule has 4 N–H and O–H groups in total. The molecule has 0 aromatic rings. The minimum absolute atomic E-state index is 0.0222. The minimum Gasteiger partial charge on any atom is -0.395 e. The highest BCUT2D eigenvalue weighted by Crippen LogP contribution is 1.77. The highest BCUT2D eigenvalue weighted by molar-refractivity contribution is 4.58. The van der Waals surface area contributed by atoms with Crippen LogP contribution in [0, 0.1) is 0 Å². The maximum atomic E-state index is 8.56. The van der Waals surface area contributed by atoms with Gasteiger partial charge in [0.05, 0.1) is 13.2 Å². The molecule has 0 heterocycles. The Morgan fingerprint density at radius 1 is 1.00 bits per heavy atom. The first kappa shape index (κ1) is 9.84. The standard InChI is InChI=1S/C6H16N2O2/c1-5(3-9)7-8-6(2)4-10/h5-10H,3-4H2,1-2H3/t5-,6-/m1/s1. The third-order valence-corrected chi connectivity index (χ3v) is 1.12. The third-order valence-electron chi connectivity index (χ3n) is 1.12. The highest BCUT2D eigenvalue weighted by atomic mass is 16.3. The normalized spacial score (nSPS) is 16.8. The van der Waals surface area contributed by atoms with Crippen molar-refractivity contribution in [3.05, 3.63) is 0 Å². The molecule has 0 aliphatic heterocycles. The summed E-state index contributed by atoms with van der Waals surface area (Å²) in [5, 5.41) is 17.1. The zero-order valence-corrected chi connectivity index (χ0v) is 6.46. The highest BCUT2D eigenvalue weighted by Gasteiger charge is 2.00. The van der Waals surface area contributed by atoms with Crippen LogP contribution in [0.15, 0.2) is 0 Å². The van der Waals surface area contributed by atoms with Crippen molar-refractivity contribution < 1.29 is 10.2 Å². The Morgan fingerprint density at radius 3 is 1.50 bits per heavy atom. The molecule has 0 saturated carbocycles. The SMILES string of the molecule is C[C@H](CO)NN[C@H](C)CO. The number of hydrogen-bond acceptors (Lipinski definition) is 4. The van der Waals surface area contributed by atoms with Gasteiger partial charge in [-0.05, 0) is 13.8 Å². The summed E-state index contributed by atoms with van der Waals surface area (Å²) in [5.74, 6) is 0. The van der Waals surface area contributed by atoms with Crippen molar-refractivity contribution >= 4 is 0 Å². The lowest BCUT2D eigenvalue weighted by molar-refractivity contribution is 0.203. The van der Waals surface area contributed by atoms with Gasteiger partial charge in [-0.1, -0.05) is 0 Å². The van der Waals surface area contributed by atoms with Crippen LogP contribution in [-0.4, -0.2) is 35.5 Å². The van der Waals surface area contributed by atoms with Crippen LogP contribution in [0.2, 0.25) is 0 Å². The van der Waals surface area contributed by atoms with E-state index in [9.17, 15) is 0 Å². The quantitative estimate of drug-likeness (QED) is 0.371. The molecular weight excluding hydrogens is 132 g/mol. The summed E-state index contributed by atoms with van der Waals surface area (Å²) >= 11 is 0. The van der Waals surface area contributed by atoms with E-state index in [-0.39, 0.29) is 25.3 Å². The van der Waals surface area contributed by atoms with Gasteiger partial charge >= 0.3 is 0 Å². The van der Waals surface area contributed by atoms with E-state index in [0.29, 0.717) is 0 Å². The van der Waals surface area contributed by atoms with Gasteiger partial charge in [-0.3, -0.25) is 10.9 Å². The molecule has 0 aromatic heterocycles. The average molecular weight is 148 g/mol. The van der Waals surface area contributed by atoms with Crippen LogP contribution in [0.3, 0.4) is 0 Å². The van der Waals surface area contributed by atoms with Crippen LogP contribution in [0.4, 0.5) is 0 Å². The van der Waals surface area contributed by atoms with Gasteiger partial charge in [0.25, 0.3) is 0 Å². The van der Waals surface area contributed by atoms with Gasteiger partial charge in [0.1, 0.15) is 0 Å². The fraction of sp³-hybridized carbons (Fsp3) is 1.00. The molecule has 2 atom stereocenters. The smallest absolute Gasteiger partial charge is 0.0595 e. The Hall–Kier alpha value is -0.160. The molecule has 0 aliphatic rings. The summed E-state index contributed by atoms with van der Waals surface area (Å²) in [6, 6.07) is 0.0444. The Balaban J connectivity index is 3.17. The van der Waals surface area contributed by atoms with E-state index >= 15 is 0 Å². The largest absolute Gasteiger partial charge is 0.395 e. The van der Waals surface area contributed by atoms with Crippen LogP contribution < -0.4 is 10.9 Å². The van der Waals surface area contributed by atoms with Crippen LogP contribution in [0.5, 0.6) is 0 Å². The predicted molar refractivity (Wildman–Crippen MR) is 39.4 cm³/mol. The average Bonchev–Trinajstić information content (AvgIpc) is 1.99. The second-order valence-electron chi connectivity index (χ2n) is 2.46. The van der Waals surface area contributed by atoms with Crippen molar-refractivity contribution in [2.24, 2.45) is 0 Å². The molecular formula is C6H16N2O2. The zero-order valence-electron chi connectivity index (χ0n) is 6.46. The van der Waals surface area contributed by atoms with Crippen LogP contribution in [-0.2, 0) is 0 Å². The van der Waals surface area contributed by atoms with E-state index in [0.717, 1.165) is 0 Å². The molecule has 0 amide bonds. The second-order valence-corrected chi connectivity index (χ2v) is 2.46. The van der Waals surface area contributed by atoms with Crippen LogP contribution in [0.1, 0.15) is 13.8 Å². The van der Waals surface area contributed by atoms with E-state index in [4.69, 9.17) is 10.2 Å². The van der Waals surface area contributed by atoms with Crippen molar-refractivity contribution in [1.82, 2.24) is 10.9 Å². The molecule has 10 heavy (non-hydrogen) atoms. The van der Waals surface area contributed by atoms with Gasteiger partial charge in [-0.2, -0.15) is 0 Å². The van der Waals surface area contributed by atoms with Crippen molar-refractivity contribution in [2.75, 3.05) is 13.2 Å². The predicted octanol–water partition coefficient (Wildman–Crippen LogP) is -1.16. The van der Waals surface area contributed by atoms with Gasteiger partial charge in [0.2, 0.25) is 0 Å². The Bertz CT molecular complexity index is 70.1. The van der Waals surface area contributed by atoms with E-state index in [1.807, 2.05) is 13.8 Å². The van der Waals surface area contributed by atoms with E-state index in [2.05, 4.69) is 10.9 Å². The molecule has 0 radical (unpaired) electrons. The lowest BCUT2D eigenvalue weighted by Gasteiger charge is -2.15. The fourth-order valence-corrected chi connectivity index (χ4v) is 0.376. The van der Waals surface area contributed by atoms with Crippen molar-refractivity contribution in [3.63, 3.8) is 0 Å². The first-order valence-electron chi connectivity index (χ1n) is 3.43. The summed E-state index contributed by atoms with van der Waals surface area (Å²) in [6.45, 7) is 3.87. The molecule has 0 saturated heterocycles. The number of nitrogens with one attached hydrogen (secondary N) is 2. The summed E-state index contributed by atoms with van der Waals surface area (Å²) in [7, 11) is 0. The molecule has 4 heteroatoms. The summed E-state index contributed by atoms with van der Waals surface area (Å²) in [4.78, 5) is 0. The Kier molecular flexibility index (Phi) is 5.52. The molecule has 4 nitrogen and oxygen atoms in total. The van der Waals surface area contributed by atoms with E-state index in [1.54, 1.807) is 0 Å². The van der Waals surface area contributed by atoms with Crippen molar-refractivity contribution in [3.8, 4) is 0 Å². The minimum atomic E-state index is 0.0222. The number of aliphatic hydroxyl groups excluding tert-OH is 2. The molecule has 0 bridgehead atoms. The first-order chi connectivity index (χ1) is 4.70. The summed E-state index contributed by atoms with van der Waals surface area (Å²) in [5.41, 5.74) is 5.65.